The number of carbonyl (C=O) groups excluding carboxylic acids is 1. The molecular weight excluding hydrogens is 274 g/mol. The van der Waals surface area contributed by atoms with Gasteiger partial charge in [0.1, 0.15) is 0 Å². The van der Waals surface area contributed by atoms with Crippen LogP contribution in [0.25, 0.3) is 0 Å². The number of halogens is 1. The van der Waals surface area contributed by atoms with Crippen LogP contribution in [0, 0.1) is 0 Å². The molecule has 0 aliphatic carbocycles. The molecule has 0 radical (unpaired) electrons. The lowest BCUT2D eigenvalue weighted by molar-refractivity contribution is -0.130. The molecular formula is C15H22ClN3O. The summed E-state index contributed by atoms with van der Waals surface area (Å²) in [5, 5.41) is 0.732. The van der Waals surface area contributed by atoms with E-state index >= 15 is 0 Å². The summed E-state index contributed by atoms with van der Waals surface area (Å²) in [5.41, 5.74) is 7.32. The third-order valence-electron chi connectivity index (χ3n) is 3.84. The Balaban J connectivity index is 2.13. The van der Waals surface area contributed by atoms with Crippen molar-refractivity contribution in [1.82, 2.24) is 9.80 Å². The van der Waals surface area contributed by atoms with Gasteiger partial charge in [-0.1, -0.05) is 23.7 Å². The smallest absolute Gasteiger partial charge is 0.219 e. The molecule has 1 amide bonds. The van der Waals surface area contributed by atoms with Gasteiger partial charge in [0.25, 0.3) is 0 Å². The van der Waals surface area contributed by atoms with Crippen molar-refractivity contribution >= 4 is 17.5 Å². The minimum Gasteiger partial charge on any atom is -0.340 e. The molecule has 0 saturated carbocycles. The summed E-state index contributed by atoms with van der Waals surface area (Å²) < 4.78 is 0. The molecule has 2 atom stereocenters. The van der Waals surface area contributed by atoms with Crippen LogP contribution in [0.15, 0.2) is 24.3 Å². The maximum atomic E-state index is 11.4. The second-order valence-corrected chi connectivity index (χ2v) is 5.84. The third kappa shape index (κ3) is 3.51. The number of carbonyl (C=O) groups is 1. The zero-order chi connectivity index (χ0) is 14.7. The zero-order valence-electron chi connectivity index (χ0n) is 12.1. The first-order valence-electron chi connectivity index (χ1n) is 6.99. The summed E-state index contributed by atoms with van der Waals surface area (Å²) in [7, 11) is 0. The average molecular weight is 296 g/mol. The Morgan fingerprint density at radius 3 is 2.45 bits per heavy atom. The summed E-state index contributed by atoms with van der Waals surface area (Å²) in [6.45, 7) is 6.85. The number of nitrogens with two attached hydrogens (primary N) is 1. The van der Waals surface area contributed by atoms with Gasteiger partial charge in [-0.2, -0.15) is 0 Å². The number of piperazine rings is 1. The first kappa shape index (κ1) is 15.3. The summed E-state index contributed by atoms with van der Waals surface area (Å²) >= 11 is 6.09. The molecule has 20 heavy (non-hydrogen) atoms. The minimum absolute atomic E-state index is 0.0114. The molecule has 1 aromatic carbocycles. The Labute approximate surface area is 125 Å². The fraction of sp³-hybridized carbons (Fsp3) is 0.533. The first-order chi connectivity index (χ1) is 9.49. The molecule has 1 aliphatic rings. The molecule has 1 aromatic rings. The van der Waals surface area contributed by atoms with Crippen molar-refractivity contribution in [3.05, 3.63) is 34.9 Å². The standard InChI is InChI=1S/C15H22ClN3O/c1-11(17)15(13-4-3-5-14(16)10-13)19-8-6-18(7-9-19)12(2)20/h3-5,10-11,15H,6-9,17H2,1-2H3. The molecule has 0 bridgehead atoms. The number of rotatable bonds is 3. The molecule has 1 saturated heterocycles. The van der Waals surface area contributed by atoms with Crippen LogP contribution in [0.5, 0.6) is 0 Å². The molecule has 1 heterocycles. The van der Waals surface area contributed by atoms with E-state index in [9.17, 15) is 4.79 Å². The van der Waals surface area contributed by atoms with Crippen molar-refractivity contribution < 1.29 is 4.79 Å². The van der Waals surface area contributed by atoms with Gasteiger partial charge in [0.05, 0.1) is 0 Å². The number of benzene rings is 1. The second kappa shape index (κ2) is 6.57. The Bertz CT molecular complexity index is 470. The highest BCUT2D eigenvalue weighted by Gasteiger charge is 2.28. The van der Waals surface area contributed by atoms with Gasteiger partial charge < -0.3 is 10.6 Å². The number of hydrogen-bond acceptors (Lipinski definition) is 3. The lowest BCUT2D eigenvalue weighted by Gasteiger charge is -2.40. The lowest BCUT2D eigenvalue weighted by atomic mass is 9.98. The Kier molecular flexibility index (Phi) is 5.02. The summed E-state index contributed by atoms with van der Waals surface area (Å²) in [6, 6.07) is 8.03. The van der Waals surface area contributed by atoms with E-state index < -0.39 is 0 Å². The molecule has 4 nitrogen and oxygen atoms in total. The van der Waals surface area contributed by atoms with Crippen LogP contribution in [-0.4, -0.2) is 47.9 Å². The fourth-order valence-electron chi connectivity index (χ4n) is 2.85. The van der Waals surface area contributed by atoms with Crippen LogP contribution in [0.1, 0.15) is 25.5 Å². The van der Waals surface area contributed by atoms with E-state index in [0.717, 1.165) is 36.8 Å². The average Bonchev–Trinajstić information content (AvgIpc) is 2.39. The van der Waals surface area contributed by atoms with Gasteiger partial charge in [-0.15, -0.1) is 0 Å². The Morgan fingerprint density at radius 1 is 1.30 bits per heavy atom. The number of hydrogen-bond donors (Lipinski definition) is 1. The van der Waals surface area contributed by atoms with Crippen LogP contribution in [0.4, 0.5) is 0 Å². The van der Waals surface area contributed by atoms with Crippen LogP contribution in [0.2, 0.25) is 5.02 Å². The van der Waals surface area contributed by atoms with Crippen molar-refractivity contribution in [1.29, 1.82) is 0 Å². The number of amides is 1. The largest absolute Gasteiger partial charge is 0.340 e. The van der Waals surface area contributed by atoms with Gasteiger partial charge in [-0.05, 0) is 24.6 Å². The molecule has 2 unspecified atom stereocenters. The molecule has 110 valence electrons. The predicted octanol–water partition coefficient (Wildman–Crippen LogP) is 1.89. The van der Waals surface area contributed by atoms with E-state index in [1.807, 2.05) is 30.0 Å². The highest BCUT2D eigenvalue weighted by molar-refractivity contribution is 6.30. The highest BCUT2D eigenvalue weighted by atomic mass is 35.5. The van der Waals surface area contributed by atoms with Crippen molar-refractivity contribution in [2.45, 2.75) is 25.9 Å². The lowest BCUT2D eigenvalue weighted by Crippen LogP contribution is -2.51. The summed E-state index contributed by atoms with van der Waals surface area (Å²) in [4.78, 5) is 15.6. The minimum atomic E-state index is 0.0114. The number of nitrogens with zero attached hydrogens (tertiary/aromatic N) is 2. The summed E-state index contributed by atoms with van der Waals surface area (Å²) in [6.07, 6.45) is 0. The van der Waals surface area contributed by atoms with E-state index in [1.165, 1.54) is 0 Å². The fourth-order valence-corrected chi connectivity index (χ4v) is 3.05. The van der Waals surface area contributed by atoms with Crippen molar-refractivity contribution in [3.63, 3.8) is 0 Å². The van der Waals surface area contributed by atoms with Crippen LogP contribution < -0.4 is 5.73 Å². The van der Waals surface area contributed by atoms with Gasteiger partial charge in [-0.25, -0.2) is 0 Å². The molecule has 1 aliphatic heterocycles. The molecule has 5 heteroatoms. The highest BCUT2D eigenvalue weighted by Crippen LogP contribution is 2.26. The van der Waals surface area contributed by atoms with Gasteiger partial charge >= 0.3 is 0 Å². The monoisotopic (exact) mass is 295 g/mol. The maximum absolute atomic E-state index is 11.4. The van der Waals surface area contributed by atoms with E-state index in [0.29, 0.717) is 0 Å². The maximum Gasteiger partial charge on any atom is 0.219 e. The van der Waals surface area contributed by atoms with Gasteiger partial charge in [-0.3, -0.25) is 9.69 Å². The predicted molar refractivity (Wildman–Crippen MR) is 81.7 cm³/mol. The van der Waals surface area contributed by atoms with Gasteiger partial charge in [0.2, 0.25) is 5.91 Å². The van der Waals surface area contributed by atoms with Crippen molar-refractivity contribution in [3.8, 4) is 0 Å². The SMILES string of the molecule is CC(=O)N1CCN(C(c2cccc(Cl)c2)C(C)N)CC1. The van der Waals surface area contributed by atoms with E-state index in [2.05, 4.69) is 11.0 Å². The van der Waals surface area contributed by atoms with E-state index in [4.69, 9.17) is 17.3 Å². The summed E-state index contributed by atoms with van der Waals surface area (Å²) in [5.74, 6) is 0.143. The Morgan fingerprint density at radius 2 is 1.95 bits per heavy atom. The van der Waals surface area contributed by atoms with Crippen LogP contribution in [-0.2, 0) is 4.79 Å². The molecule has 0 aromatic heterocycles. The molecule has 0 spiro atoms. The molecule has 2 rings (SSSR count). The first-order valence-corrected chi connectivity index (χ1v) is 7.37. The van der Waals surface area contributed by atoms with Crippen molar-refractivity contribution in [2.75, 3.05) is 26.2 Å². The van der Waals surface area contributed by atoms with Crippen LogP contribution >= 0.6 is 11.6 Å². The molecule has 2 N–H and O–H groups in total. The van der Waals surface area contributed by atoms with Gasteiger partial charge in [0, 0.05) is 50.2 Å². The molecule has 1 fully saturated rings. The van der Waals surface area contributed by atoms with Crippen LogP contribution in [0.3, 0.4) is 0 Å². The second-order valence-electron chi connectivity index (χ2n) is 5.40. The quantitative estimate of drug-likeness (QED) is 0.926. The Hall–Kier alpha value is -1.10. The van der Waals surface area contributed by atoms with Crippen molar-refractivity contribution in [2.24, 2.45) is 5.73 Å². The third-order valence-corrected chi connectivity index (χ3v) is 4.08. The van der Waals surface area contributed by atoms with E-state index in [-0.39, 0.29) is 18.0 Å². The van der Waals surface area contributed by atoms with E-state index in [1.54, 1.807) is 6.92 Å². The topological polar surface area (TPSA) is 49.6 Å². The van der Waals surface area contributed by atoms with Gasteiger partial charge in [0.15, 0.2) is 0 Å². The normalized spacial score (nSPS) is 19.7. The zero-order valence-corrected chi connectivity index (χ0v) is 12.8.